The summed E-state index contributed by atoms with van der Waals surface area (Å²) < 4.78 is 38.3. The number of halogens is 2. The van der Waals surface area contributed by atoms with Crippen molar-refractivity contribution >= 4 is 5.97 Å². The van der Waals surface area contributed by atoms with Gasteiger partial charge in [-0.2, -0.15) is 14.0 Å². The Morgan fingerprint density at radius 1 is 1.47 bits per heavy atom. The molecule has 0 spiro atoms. The zero-order chi connectivity index (χ0) is 14.4. The van der Waals surface area contributed by atoms with Crippen LogP contribution in [0.1, 0.15) is 22.8 Å². The van der Waals surface area contributed by atoms with E-state index in [9.17, 15) is 13.6 Å². The number of nitriles is 1. The Labute approximate surface area is 108 Å². The molecule has 0 heterocycles. The molecule has 102 valence electrons. The Balaban J connectivity index is 3.38. The minimum Gasteiger partial charge on any atom is -0.492 e. The Kier molecular flexibility index (Phi) is 5.06. The summed E-state index contributed by atoms with van der Waals surface area (Å²) in [6, 6.07) is 4.08. The van der Waals surface area contributed by atoms with Gasteiger partial charge in [0.05, 0.1) is 19.3 Å². The van der Waals surface area contributed by atoms with E-state index in [1.54, 1.807) is 13.0 Å². The molecule has 0 N–H and O–H groups in total. The van der Waals surface area contributed by atoms with Crippen molar-refractivity contribution in [3.05, 3.63) is 23.3 Å². The molecule has 1 rings (SSSR count). The number of rotatable bonds is 5. The molecule has 0 aliphatic heterocycles. The van der Waals surface area contributed by atoms with Gasteiger partial charge in [0.1, 0.15) is 11.6 Å². The van der Waals surface area contributed by atoms with Crippen LogP contribution in [0.4, 0.5) is 8.78 Å². The fourth-order valence-corrected chi connectivity index (χ4v) is 1.45. The average molecular weight is 271 g/mol. The van der Waals surface area contributed by atoms with Crippen LogP contribution < -0.4 is 9.47 Å². The van der Waals surface area contributed by atoms with E-state index in [0.29, 0.717) is 0 Å². The molecule has 5 nitrogen and oxygen atoms in total. The van der Waals surface area contributed by atoms with Crippen LogP contribution in [0.2, 0.25) is 0 Å². The molecule has 1 aromatic carbocycles. The van der Waals surface area contributed by atoms with E-state index in [1.165, 1.54) is 13.2 Å². The highest BCUT2D eigenvalue weighted by Gasteiger charge is 2.24. The number of alkyl halides is 2. The van der Waals surface area contributed by atoms with Gasteiger partial charge in [-0.15, -0.1) is 0 Å². The molecule has 0 atom stereocenters. The fraction of sp³-hybridized carbons (Fsp3) is 0.333. The topological polar surface area (TPSA) is 68.6 Å². The molecule has 0 unspecified atom stereocenters. The largest absolute Gasteiger partial charge is 0.492 e. The van der Waals surface area contributed by atoms with Crippen LogP contribution in [0.25, 0.3) is 0 Å². The summed E-state index contributed by atoms with van der Waals surface area (Å²) in [5.41, 5.74) is -0.276. The molecule has 0 bridgehead atoms. The molecule has 0 radical (unpaired) electrons. The van der Waals surface area contributed by atoms with Crippen LogP contribution in [-0.2, 0) is 4.74 Å². The highest BCUT2D eigenvalue weighted by atomic mass is 19.3. The summed E-state index contributed by atoms with van der Waals surface area (Å²) in [5.74, 6) is -1.42. The number of ether oxygens (including phenoxy) is 3. The van der Waals surface area contributed by atoms with Crippen LogP contribution in [0.3, 0.4) is 0 Å². The first-order valence-corrected chi connectivity index (χ1v) is 5.28. The molecule has 7 heteroatoms. The number of esters is 1. The third kappa shape index (κ3) is 3.31. The van der Waals surface area contributed by atoms with Crippen molar-refractivity contribution in [2.75, 3.05) is 13.7 Å². The van der Waals surface area contributed by atoms with Gasteiger partial charge in [-0.1, -0.05) is 0 Å². The summed E-state index contributed by atoms with van der Waals surface area (Å²) in [5, 5.41) is 8.93. The Hall–Kier alpha value is -2.36. The van der Waals surface area contributed by atoms with Gasteiger partial charge in [-0.3, -0.25) is 0 Å². The van der Waals surface area contributed by atoms with Gasteiger partial charge in [0.15, 0.2) is 11.5 Å². The van der Waals surface area contributed by atoms with Crippen molar-refractivity contribution in [3.63, 3.8) is 0 Å². The zero-order valence-electron chi connectivity index (χ0n) is 10.3. The van der Waals surface area contributed by atoms with Gasteiger partial charge in [-0.25, -0.2) is 4.79 Å². The van der Waals surface area contributed by atoms with Gasteiger partial charge in [-0.05, 0) is 19.1 Å². The van der Waals surface area contributed by atoms with Crippen molar-refractivity contribution in [1.29, 1.82) is 5.26 Å². The number of hydrogen-bond donors (Lipinski definition) is 0. The first-order valence-electron chi connectivity index (χ1n) is 5.28. The number of benzene rings is 1. The third-order valence-corrected chi connectivity index (χ3v) is 2.14. The van der Waals surface area contributed by atoms with Gasteiger partial charge in [0.25, 0.3) is 0 Å². The lowest BCUT2D eigenvalue weighted by atomic mass is 10.1. The van der Waals surface area contributed by atoms with E-state index in [4.69, 9.17) is 14.7 Å². The van der Waals surface area contributed by atoms with Crippen molar-refractivity contribution < 1.29 is 27.8 Å². The second-order valence-electron chi connectivity index (χ2n) is 3.23. The first-order chi connectivity index (χ1) is 9.04. The van der Waals surface area contributed by atoms with E-state index in [2.05, 4.69) is 4.74 Å². The number of carbonyl (C=O) groups is 1. The van der Waals surface area contributed by atoms with Gasteiger partial charge < -0.3 is 14.2 Å². The van der Waals surface area contributed by atoms with Gasteiger partial charge >= 0.3 is 12.6 Å². The number of carbonyl (C=O) groups excluding carboxylic acids is 1. The molecule has 0 aliphatic carbocycles. The predicted molar refractivity (Wildman–Crippen MR) is 60.3 cm³/mol. The lowest BCUT2D eigenvalue weighted by Crippen LogP contribution is -2.11. The Morgan fingerprint density at radius 2 is 2.16 bits per heavy atom. The molecule has 0 aromatic heterocycles. The van der Waals surface area contributed by atoms with E-state index in [1.807, 2.05) is 0 Å². The van der Waals surface area contributed by atoms with Crippen LogP contribution in [0.5, 0.6) is 11.5 Å². The zero-order valence-corrected chi connectivity index (χ0v) is 10.3. The summed E-state index contributed by atoms with van der Waals surface area (Å²) in [6.45, 7) is -1.42. The molecule has 0 fully saturated rings. The molecule has 0 saturated carbocycles. The van der Waals surface area contributed by atoms with Crippen LogP contribution >= 0.6 is 0 Å². The van der Waals surface area contributed by atoms with E-state index in [0.717, 1.165) is 6.07 Å². The van der Waals surface area contributed by atoms with Crippen LogP contribution in [-0.4, -0.2) is 26.3 Å². The third-order valence-electron chi connectivity index (χ3n) is 2.14. The average Bonchev–Trinajstić information content (AvgIpc) is 2.37. The SMILES string of the molecule is CCOC(=O)c1c(C#N)ccc(OC(F)F)c1OC. The standard InChI is InChI=1S/C12H11F2NO4/c1-3-18-11(16)9-7(6-15)4-5-8(10(9)17-2)19-12(13)14/h4-5,12H,3H2,1-2H3. The highest BCUT2D eigenvalue weighted by molar-refractivity contribution is 5.96. The molecule has 0 aliphatic rings. The number of methoxy groups -OCH3 is 1. The minimum absolute atomic E-state index is 0.0445. The molecule has 1 aromatic rings. The molecule has 0 amide bonds. The normalized spacial score (nSPS) is 9.89. The van der Waals surface area contributed by atoms with Crippen molar-refractivity contribution in [1.82, 2.24) is 0 Å². The van der Waals surface area contributed by atoms with E-state index in [-0.39, 0.29) is 29.2 Å². The van der Waals surface area contributed by atoms with Crippen molar-refractivity contribution in [3.8, 4) is 17.6 Å². The lowest BCUT2D eigenvalue weighted by molar-refractivity contribution is -0.0513. The van der Waals surface area contributed by atoms with Crippen molar-refractivity contribution in [2.24, 2.45) is 0 Å². The number of hydrogen-bond acceptors (Lipinski definition) is 5. The van der Waals surface area contributed by atoms with E-state index < -0.39 is 12.6 Å². The summed E-state index contributed by atoms with van der Waals surface area (Å²) >= 11 is 0. The quantitative estimate of drug-likeness (QED) is 0.769. The maximum Gasteiger partial charge on any atom is 0.387 e. The lowest BCUT2D eigenvalue weighted by Gasteiger charge is -2.14. The Bertz CT molecular complexity index is 511. The van der Waals surface area contributed by atoms with E-state index >= 15 is 0 Å². The molecule has 0 saturated heterocycles. The molecular weight excluding hydrogens is 260 g/mol. The highest BCUT2D eigenvalue weighted by Crippen LogP contribution is 2.35. The maximum absolute atomic E-state index is 12.2. The molecule has 19 heavy (non-hydrogen) atoms. The minimum atomic E-state index is -3.07. The van der Waals surface area contributed by atoms with Crippen LogP contribution in [0, 0.1) is 11.3 Å². The monoisotopic (exact) mass is 271 g/mol. The van der Waals surface area contributed by atoms with Gasteiger partial charge in [0.2, 0.25) is 0 Å². The summed E-state index contributed by atoms with van der Waals surface area (Å²) in [6.07, 6.45) is 0. The Morgan fingerprint density at radius 3 is 2.63 bits per heavy atom. The molecular formula is C12H11F2NO4. The summed E-state index contributed by atoms with van der Waals surface area (Å²) in [4.78, 5) is 11.7. The second-order valence-corrected chi connectivity index (χ2v) is 3.23. The predicted octanol–water partition coefficient (Wildman–Crippen LogP) is 2.34. The first kappa shape index (κ1) is 14.7. The smallest absolute Gasteiger partial charge is 0.387 e. The summed E-state index contributed by atoms with van der Waals surface area (Å²) in [7, 11) is 1.18. The second kappa shape index (κ2) is 6.54. The maximum atomic E-state index is 12.2. The van der Waals surface area contributed by atoms with Gasteiger partial charge in [0, 0.05) is 0 Å². The van der Waals surface area contributed by atoms with Crippen molar-refractivity contribution in [2.45, 2.75) is 13.5 Å². The number of nitrogens with zero attached hydrogens (tertiary/aromatic N) is 1. The fourth-order valence-electron chi connectivity index (χ4n) is 1.45. The van der Waals surface area contributed by atoms with Crippen LogP contribution in [0.15, 0.2) is 12.1 Å².